The Morgan fingerprint density at radius 2 is 2.18 bits per heavy atom. The fourth-order valence-electron chi connectivity index (χ4n) is 3.74. The minimum atomic E-state index is -3.54. The van der Waals surface area contributed by atoms with Gasteiger partial charge in [0, 0.05) is 0 Å². The van der Waals surface area contributed by atoms with Crippen molar-refractivity contribution in [3.63, 3.8) is 0 Å². The van der Waals surface area contributed by atoms with Crippen molar-refractivity contribution in [2.45, 2.75) is 63.9 Å². The molecule has 6 unspecified atom stereocenters. The lowest BCUT2D eigenvalue weighted by Crippen LogP contribution is -2.41. The van der Waals surface area contributed by atoms with E-state index in [2.05, 4.69) is 33.2 Å². The molecule has 1 aliphatic rings. The molecule has 1 saturated heterocycles. The summed E-state index contributed by atoms with van der Waals surface area (Å²) in [4.78, 5) is 34.9. The van der Waals surface area contributed by atoms with Crippen molar-refractivity contribution in [1.82, 2.24) is 24.6 Å². The predicted octanol–water partition coefficient (Wildman–Crippen LogP) is 2.13. The van der Waals surface area contributed by atoms with Crippen LogP contribution in [0, 0.1) is 0 Å². The van der Waals surface area contributed by atoms with Crippen LogP contribution in [-0.4, -0.2) is 67.2 Å². The topological polar surface area (TPSA) is 176 Å². The molecule has 0 spiro atoms. The highest BCUT2D eigenvalue weighted by molar-refractivity contribution is 8.09. The van der Waals surface area contributed by atoms with Gasteiger partial charge in [-0.2, -0.15) is 4.98 Å². The number of allylic oxidation sites excluding steroid dienone is 3. The van der Waals surface area contributed by atoms with Gasteiger partial charge in [0.05, 0.1) is 19.0 Å². The number of nitrogens with zero attached hydrogens (tertiary/aromatic N) is 3. The first-order valence-electron chi connectivity index (χ1n) is 11.8. The molecule has 214 valence electrons. The number of imidazole rings is 1. The summed E-state index contributed by atoms with van der Waals surface area (Å²) in [6.07, 6.45) is 0.691. The lowest BCUT2D eigenvalue weighted by atomic mass is 9.98. The number of ether oxygens (including phenoxy) is 2. The molecule has 6 atom stereocenters. The highest BCUT2D eigenvalue weighted by Crippen LogP contribution is 2.49. The van der Waals surface area contributed by atoms with Crippen LogP contribution in [-0.2, 0) is 35.1 Å². The second kappa shape index (κ2) is 12.1. The lowest BCUT2D eigenvalue weighted by molar-refractivity contribution is -0.149. The molecule has 0 saturated carbocycles. The molecule has 16 heteroatoms. The van der Waals surface area contributed by atoms with Gasteiger partial charge in [-0.3, -0.25) is 19.1 Å². The molecule has 2 aromatic heterocycles. The first-order chi connectivity index (χ1) is 18.2. The van der Waals surface area contributed by atoms with Crippen LogP contribution in [0.15, 0.2) is 48.3 Å². The molecule has 3 heterocycles. The predicted molar refractivity (Wildman–Crippen MR) is 146 cm³/mol. The average Bonchev–Trinajstić information content (AvgIpc) is 3.35. The van der Waals surface area contributed by atoms with Gasteiger partial charge in [0.1, 0.15) is 24.0 Å². The summed E-state index contributed by atoms with van der Waals surface area (Å²) in [5, 5.41) is 13.7. The number of fused-ring (bicyclic) bond motifs is 1. The maximum absolute atomic E-state index is 15.9. The number of nitrogens with one attached hydrogen (secondary N) is 2. The summed E-state index contributed by atoms with van der Waals surface area (Å²) in [6.45, 7) is 9.32. The van der Waals surface area contributed by atoms with Gasteiger partial charge < -0.3 is 29.4 Å². The van der Waals surface area contributed by atoms with Gasteiger partial charge in [-0.05, 0) is 51.7 Å². The van der Waals surface area contributed by atoms with E-state index in [1.54, 1.807) is 13.8 Å². The number of anilines is 1. The number of aliphatic hydroxyl groups excluding tert-OH is 1. The van der Waals surface area contributed by atoms with E-state index < -0.39 is 54.9 Å². The van der Waals surface area contributed by atoms with E-state index in [9.17, 15) is 14.7 Å². The Hall–Kier alpha value is -2.94. The summed E-state index contributed by atoms with van der Waals surface area (Å²) < 4.78 is 39.8. The summed E-state index contributed by atoms with van der Waals surface area (Å²) >= 11 is 5.62. The van der Waals surface area contributed by atoms with Crippen LogP contribution in [0.4, 0.5) is 10.3 Å². The molecule has 1 fully saturated rings. The van der Waals surface area contributed by atoms with Gasteiger partial charge in [0.2, 0.25) is 5.95 Å². The molecule has 2 aromatic rings. The molecule has 0 radical (unpaired) electrons. The van der Waals surface area contributed by atoms with Gasteiger partial charge >= 0.3 is 12.6 Å². The van der Waals surface area contributed by atoms with E-state index >= 15 is 4.39 Å². The Labute approximate surface area is 229 Å². The normalized spacial score (nSPS) is 25.8. The third-order valence-electron chi connectivity index (χ3n) is 5.60. The Bertz CT molecular complexity index is 1380. The molecule has 0 amide bonds. The summed E-state index contributed by atoms with van der Waals surface area (Å²) in [7, 11) is 0. The highest BCUT2D eigenvalue weighted by Gasteiger charge is 2.55. The standard InChI is InChI=1S/C23H32FN6O7PS/c1-7-9-14(8-2)37-38(39,29-13(5)20(33)35-12(3)4)34-10-15-17(31)23(6,24)21(36-15)30-11-26-16-18(30)27-22(25)28-19(16)32/h7-9,11-13,15,17,21,31H,1-2,10H2,3-6H3,(H,29,39)(H3,25,27,28,32). The molecule has 39 heavy (non-hydrogen) atoms. The van der Waals surface area contributed by atoms with Crippen molar-refractivity contribution < 1.29 is 32.8 Å². The maximum atomic E-state index is 15.9. The van der Waals surface area contributed by atoms with E-state index in [1.165, 1.54) is 29.7 Å². The number of alkyl halides is 1. The summed E-state index contributed by atoms with van der Waals surface area (Å²) in [5.41, 5.74) is 2.53. The summed E-state index contributed by atoms with van der Waals surface area (Å²) in [5.74, 6) is -0.598. The molecule has 0 aliphatic carbocycles. The van der Waals surface area contributed by atoms with Gasteiger partial charge in [0.15, 0.2) is 23.1 Å². The number of aromatic nitrogens is 4. The van der Waals surface area contributed by atoms with Crippen molar-refractivity contribution >= 4 is 41.5 Å². The second-order valence-corrected chi connectivity index (χ2v) is 12.3. The highest BCUT2D eigenvalue weighted by atomic mass is 32.5. The average molecular weight is 587 g/mol. The van der Waals surface area contributed by atoms with E-state index in [1.807, 2.05) is 0 Å². The minimum Gasteiger partial charge on any atom is -0.462 e. The van der Waals surface area contributed by atoms with E-state index in [-0.39, 0.29) is 29.0 Å². The maximum Gasteiger partial charge on any atom is 0.323 e. The molecule has 0 aromatic carbocycles. The van der Waals surface area contributed by atoms with Gasteiger partial charge in [0.25, 0.3) is 5.56 Å². The van der Waals surface area contributed by atoms with Gasteiger partial charge in [-0.1, -0.05) is 19.2 Å². The molecular formula is C23H32FN6O7PS. The fraction of sp³-hybridized carbons (Fsp3) is 0.478. The number of H-pyrrole nitrogens is 1. The number of hydrogen-bond donors (Lipinski definition) is 4. The molecular weight excluding hydrogens is 554 g/mol. The first kappa shape index (κ1) is 30.6. The number of carbonyl (C=O) groups excluding carboxylic acids is 1. The molecule has 1 aliphatic heterocycles. The largest absolute Gasteiger partial charge is 0.462 e. The third-order valence-corrected chi connectivity index (χ3v) is 8.09. The number of aliphatic hydroxyl groups is 1. The number of esters is 1. The first-order valence-corrected chi connectivity index (χ1v) is 14.5. The van der Waals surface area contributed by atoms with Gasteiger partial charge in [-0.15, -0.1) is 0 Å². The minimum absolute atomic E-state index is 0.0308. The smallest absolute Gasteiger partial charge is 0.323 e. The molecule has 13 nitrogen and oxygen atoms in total. The van der Waals surface area contributed by atoms with Crippen LogP contribution in [0.5, 0.6) is 0 Å². The van der Waals surface area contributed by atoms with Crippen molar-refractivity contribution in [3.8, 4) is 0 Å². The van der Waals surface area contributed by atoms with Crippen LogP contribution < -0.4 is 16.4 Å². The Morgan fingerprint density at radius 3 is 2.79 bits per heavy atom. The quantitative estimate of drug-likeness (QED) is 0.124. The SMILES string of the molecule is C=CC=C(C=C)OP(=S)(NC(C)C(=O)OC(C)C)OCC1OC(n2cnc3c(=O)[nH]c(N)nc32)C(C)(F)C1O. The number of rotatable bonds is 12. The van der Waals surface area contributed by atoms with E-state index in [0.717, 1.165) is 13.3 Å². The van der Waals surface area contributed by atoms with Crippen LogP contribution in [0.2, 0.25) is 0 Å². The fourth-order valence-corrected chi connectivity index (χ4v) is 6.17. The number of aromatic amines is 1. The van der Waals surface area contributed by atoms with Crippen molar-refractivity contribution in [2.75, 3.05) is 12.3 Å². The van der Waals surface area contributed by atoms with Crippen LogP contribution in [0.1, 0.15) is 33.9 Å². The molecule has 0 bridgehead atoms. The monoisotopic (exact) mass is 586 g/mol. The number of halogens is 1. The second-order valence-electron chi connectivity index (χ2n) is 9.13. The van der Waals surface area contributed by atoms with Crippen molar-refractivity contribution in [2.24, 2.45) is 0 Å². The van der Waals surface area contributed by atoms with Crippen molar-refractivity contribution in [1.29, 1.82) is 0 Å². The zero-order valence-corrected chi connectivity index (χ0v) is 23.6. The van der Waals surface area contributed by atoms with Crippen LogP contribution in [0.3, 0.4) is 0 Å². The van der Waals surface area contributed by atoms with E-state index in [4.69, 9.17) is 36.1 Å². The zero-order chi connectivity index (χ0) is 29.1. The molecule has 3 rings (SSSR count). The number of nitrogens with two attached hydrogens (primary N) is 1. The van der Waals surface area contributed by atoms with Crippen molar-refractivity contribution in [3.05, 3.63) is 53.8 Å². The summed E-state index contributed by atoms with van der Waals surface area (Å²) in [6, 6.07) is -0.937. The van der Waals surface area contributed by atoms with Gasteiger partial charge in [-0.25, -0.2) is 14.5 Å². The number of carbonyl (C=O) groups is 1. The lowest BCUT2D eigenvalue weighted by Gasteiger charge is -2.28. The van der Waals surface area contributed by atoms with Crippen LogP contribution in [0.25, 0.3) is 11.2 Å². The number of nitrogen functional groups attached to an aromatic ring is 1. The third kappa shape index (κ3) is 6.80. The Balaban J connectivity index is 1.86. The van der Waals surface area contributed by atoms with E-state index in [0.29, 0.717) is 0 Å². The molecule has 5 N–H and O–H groups in total. The Kier molecular flexibility index (Phi) is 9.47. The van der Waals surface area contributed by atoms with Crippen LogP contribution >= 0.6 is 6.64 Å². The number of hydrogen-bond acceptors (Lipinski definition) is 11. The Morgan fingerprint density at radius 1 is 1.49 bits per heavy atom. The zero-order valence-electron chi connectivity index (χ0n) is 21.9.